The predicted molar refractivity (Wildman–Crippen MR) is 133 cm³/mol. The summed E-state index contributed by atoms with van der Waals surface area (Å²) in [6.07, 6.45) is 13.5. The van der Waals surface area contributed by atoms with Crippen molar-refractivity contribution in [1.29, 1.82) is 0 Å². The Labute approximate surface area is 202 Å². The SMILES string of the molecule is COC(=O)c1sc(C2CC=C(F)CC2)cc1N(CC1CCC(C)CC1)C1CCC(OC)CC1. The van der Waals surface area contributed by atoms with Gasteiger partial charge in [-0.15, -0.1) is 11.3 Å². The number of esters is 1. The van der Waals surface area contributed by atoms with Crippen molar-refractivity contribution in [3.8, 4) is 0 Å². The van der Waals surface area contributed by atoms with Crippen LogP contribution in [0.3, 0.4) is 0 Å². The molecule has 3 aliphatic carbocycles. The minimum Gasteiger partial charge on any atom is -0.465 e. The number of hydrogen-bond acceptors (Lipinski definition) is 5. The van der Waals surface area contributed by atoms with Gasteiger partial charge in [0.25, 0.3) is 0 Å². The van der Waals surface area contributed by atoms with Crippen LogP contribution in [0, 0.1) is 11.8 Å². The van der Waals surface area contributed by atoms with Crippen molar-refractivity contribution in [3.05, 3.63) is 27.7 Å². The number of halogens is 1. The summed E-state index contributed by atoms with van der Waals surface area (Å²) in [4.78, 5) is 17.3. The fourth-order valence-corrected chi connectivity index (χ4v) is 7.17. The van der Waals surface area contributed by atoms with Crippen molar-refractivity contribution in [2.24, 2.45) is 11.8 Å². The van der Waals surface area contributed by atoms with Gasteiger partial charge in [-0.05, 0) is 81.6 Å². The molecule has 33 heavy (non-hydrogen) atoms. The van der Waals surface area contributed by atoms with Crippen LogP contribution >= 0.6 is 11.3 Å². The molecule has 2 fully saturated rings. The van der Waals surface area contributed by atoms with E-state index < -0.39 is 0 Å². The van der Waals surface area contributed by atoms with E-state index >= 15 is 0 Å². The monoisotopic (exact) mass is 477 g/mol. The molecule has 1 heterocycles. The maximum absolute atomic E-state index is 13.6. The van der Waals surface area contributed by atoms with Crippen LogP contribution in [-0.2, 0) is 9.47 Å². The third-order valence-electron chi connectivity index (χ3n) is 8.18. The third-order valence-corrected chi connectivity index (χ3v) is 9.44. The van der Waals surface area contributed by atoms with Gasteiger partial charge in [-0.3, -0.25) is 0 Å². The van der Waals surface area contributed by atoms with Gasteiger partial charge in [-0.2, -0.15) is 0 Å². The Hall–Kier alpha value is -1.40. The lowest BCUT2D eigenvalue weighted by atomic mass is 9.82. The van der Waals surface area contributed by atoms with Crippen LogP contribution in [-0.4, -0.2) is 38.9 Å². The molecule has 4 rings (SSSR count). The van der Waals surface area contributed by atoms with Crippen LogP contribution in [0.25, 0.3) is 0 Å². The second kappa shape index (κ2) is 11.4. The summed E-state index contributed by atoms with van der Waals surface area (Å²) in [6, 6.07) is 2.66. The van der Waals surface area contributed by atoms with Gasteiger partial charge in [0.1, 0.15) is 4.88 Å². The van der Waals surface area contributed by atoms with Crippen molar-refractivity contribution in [1.82, 2.24) is 0 Å². The summed E-state index contributed by atoms with van der Waals surface area (Å²) in [7, 11) is 3.29. The van der Waals surface area contributed by atoms with Crippen molar-refractivity contribution >= 4 is 23.0 Å². The van der Waals surface area contributed by atoms with Crippen LogP contribution in [0.15, 0.2) is 18.0 Å². The van der Waals surface area contributed by atoms with Gasteiger partial charge in [0.05, 0.1) is 24.7 Å². The van der Waals surface area contributed by atoms with Gasteiger partial charge in [0.2, 0.25) is 0 Å². The topological polar surface area (TPSA) is 38.8 Å². The normalized spacial score (nSPS) is 30.5. The number of carbonyl (C=O) groups is 1. The van der Waals surface area contributed by atoms with Crippen LogP contribution in [0.2, 0.25) is 0 Å². The molecule has 3 aliphatic rings. The highest BCUT2D eigenvalue weighted by Gasteiger charge is 2.33. The predicted octanol–water partition coefficient (Wildman–Crippen LogP) is 7.25. The molecule has 1 unspecified atom stereocenters. The average Bonchev–Trinajstić information content (AvgIpc) is 3.29. The summed E-state index contributed by atoms with van der Waals surface area (Å²) in [5.74, 6) is 1.53. The van der Waals surface area contributed by atoms with Gasteiger partial charge in [-0.1, -0.05) is 25.8 Å². The minimum atomic E-state index is -0.244. The Kier molecular flexibility index (Phi) is 8.50. The number of hydrogen-bond donors (Lipinski definition) is 0. The Morgan fingerprint density at radius 3 is 2.42 bits per heavy atom. The quantitative estimate of drug-likeness (QED) is 0.388. The van der Waals surface area contributed by atoms with E-state index in [2.05, 4.69) is 17.9 Å². The maximum atomic E-state index is 13.6. The summed E-state index contributed by atoms with van der Waals surface area (Å²) in [6.45, 7) is 3.37. The zero-order valence-corrected chi connectivity index (χ0v) is 21.3. The number of anilines is 1. The first-order valence-corrected chi connectivity index (χ1v) is 13.7. The maximum Gasteiger partial charge on any atom is 0.350 e. The van der Waals surface area contributed by atoms with Crippen molar-refractivity contribution in [2.45, 2.75) is 95.6 Å². The number of carbonyl (C=O) groups excluding carboxylic acids is 1. The molecule has 1 atom stereocenters. The van der Waals surface area contributed by atoms with E-state index in [-0.39, 0.29) is 17.7 Å². The van der Waals surface area contributed by atoms with E-state index in [0.29, 0.717) is 30.9 Å². The highest BCUT2D eigenvalue weighted by atomic mass is 32.1. The highest BCUT2D eigenvalue weighted by Crippen LogP contribution is 2.43. The van der Waals surface area contributed by atoms with Crippen LogP contribution in [0.1, 0.15) is 98.0 Å². The first-order chi connectivity index (χ1) is 16.0. The van der Waals surface area contributed by atoms with E-state index in [1.807, 2.05) is 7.11 Å². The zero-order valence-electron chi connectivity index (χ0n) is 20.5. The standard InChI is InChI=1S/C27H40FNO3S/c1-18-4-6-19(7-5-18)17-29(22-12-14-23(31-2)15-13-22)24-16-25(33-26(24)27(30)32-3)20-8-10-21(28)11-9-20/h10,16,18-20,22-23H,4-9,11-15,17H2,1-3H3. The molecule has 0 saturated heterocycles. The molecule has 2 saturated carbocycles. The number of rotatable bonds is 7. The average molecular weight is 478 g/mol. The largest absolute Gasteiger partial charge is 0.465 e. The molecule has 6 heteroatoms. The molecule has 0 spiro atoms. The van der Waals surface area contributed by atoms with Crippen molar-refractivity contribution in [2.75, 3.05) is 25.7 Å². The van der Waals surface area contributed by atoms with E-state index in [1.54, 1.807) is 17.4 Å². The van der Waals surface area contributed by atoms with Gasteiger partial charge >= 0.3 is 5.97 Å². The fraction of sp³-hybridized carbons (Fsp3) is 0.741. The highest BCUT2D eigenvalue weighted by molar-refractivity contribution is 7.14. The molecule has 0 bridgehead atoms. The Morgan fingerprint density at radius 1 is 1.09 bits per heavy atom. The van der Waals surface area contributed by atoms with E-state index in [1.165, 1.54) is 37.7 Å². The minimum absolute atomic E-state index is 0.000669. The smallest absolute Gasteiger partial charge is 0.350 e. The lowest BCUT2D eigenvalue weighted by Crippen LogP contribution is -2.43. The van der Waals surface area contributed by atoms with Crippen molar-refractivity contribution < 1.29 is 18.7 Å². The molecule has 184 valence electrons. The summed E-state index contributed by atoms with van der Waals surface area (Å²) in [5, 5.41) is 0. The second-order valence-corrected chi connectivity index (χ2v) is 11.5. The Balaban J connectivity index is 1.63. The first kappa shape index (κ1) is 24.7. The van der Waals surface area contributed by atoms with Crippen LogP contribution < -0.4 is 4.90 Å². The molecular weight excluding hydrogens is 437 g/mol. The van der Waals surface area contributed by atoms with Gasteiger partial charge in [-0.25, -0.2) is 9.18 Å². The van der Waals surface area contributed by atoms with Gasteiger partial charge < -0.3 is 14.4 Å². The van der Waals surface area contributed by atoms with Gasteiger partial charge in [0.15, 0.2) is 0 Å². The summed E-state index contributed by atoms with van der Waals surface area (Å²) >= 11 is 1.57. The van der Waals surface area contributed by atoms with E-state index in [9.17, 15) is 9.18 Å². The first-order valence-electron chi connectivity index (χ1n) is 12.8. The van der Waals surface area contributed by atoms with E-state index in [4.69, 9.17) is 9.47 Å². The van der Waals surface area contributed by atoms with Crippen LogP contribution in [0.4, 0.5) is 10.1 Å². The number of nitrogens with zero attached hydrogens (tertiary/aromatic N) is 1. The molecule has 1 aromatic rings. The Bertz CT molecular complexity index is 821. The second-order valence-electron chi connectivity index (χ2n) is 10.4. The third kappa shape index (κ3) is 6.00. The van der Waals surface area contributed by atoms with E-state index in [0.717, 1.165) is 55.1 Å². The zero-order chi connectivity index (χ0) is 23.4. The molecule has 4 nitrogen and oxygen atoms in total. The molecule has 0 N–H and O–H groups in total. The lowest BCUT2D eigenvalue weighted by molar-refractivity contribution is 0.0602. The molecule has 1 aromatic heterocycles. The molecule has 0 radical (unpaired) electrons. The van der Waals surface area contributed by atoms with Gasteiger partial charge in [0, 0.05) is 24.6 Å². The number of methoxy groups -OCH3 is 2. The molecule has 0 amide bonds. The fourth-order valence-electron chi connectivity index (χ4n) is 5.94. The lowest BCUT2D eigenvalue weighted by Gasteiger charge is -2.41. The number of ether oxygens (including phenoxy) is 2. The number of allylic oxidation sites excluding steroid dienone is 2. The Morgan fingerprint density at radius 2 is 1.82 bits per heavy atom. The van der Waals surface area contributed by atoms with Crippen LogP contribution in [0.5, 0.6) is 0 Å². The van der Waals surface area contributed by atoms with Crippen molar-refractivity contribution in [3.63, 3.8) is 0 Å². The summed E-state index contributed by atoms with van der Waals surface area (Å²) in [5.41, 5.74) is 1.05. The summed E-state index contributed by atoms with van der Waals surface area (Å²) < 4.78 is 24.5. The molecule has 0 aliphatic heterocycles. The molecule has 0 aromatic carbocycles. The number of thiophene rings is 1. The molecular formula is C27H40FNO3S.